The molecule has 36 heavy (non-hydrogen) atoms. The fraction of sp³-hybridized carbons (Fsp3) is 0.143. The zero-order valence-electron chi connectivity index (χ0n) is 18.6. The second kappa shape index (κ2) is 10.7. The topological polar surface area (TPSA) is 47.6 Å². The van der Waals surface area contributed by atoms with Gasteiger partial charge in [0.05, 0.1) is 30.5 Å². The predicted molar refractivity (Wildman–Crippen MR) is 120 cm³/mol. The van der Waals surface area contributed by atoms with Crippen molar-refractivity contribution in [3.63, 3.8) is 0 Å². The van der Waals surface area contributed by atoms with Crippen molar-refractivity contribution in [2.24, 2.45) is 0 Å². The average Bonchev–Trinajstić information content (AvgIpc) is 2.81. The summed E-state index contributed by atoms with van der Waals surface area (Å²) in [7, 11) is 0. The Morgan fingerprint density at radius 1 is 0.694 bits per heavy atom. The third-order valence-corrected chi connectivity index (χ3v) is 5.11. The summed E-state index contributed by atoms with van der Waals surface area (Å²) in [6, 6.07) is 11.4. The largest absolute Gasteiger partial charge is 0.419 e. The van der Waals surface area contributed by atoms with E-state index in [0.717, 1.165) is 6.07 Å². The molecule has 178 valence electrons. The van der Waals surface area contributed by atoms with Crippen LogP contribution in [0, 0.1) is 70.7 Å². The lowest BCUT2D eigenvalue weighted by molar-refractivity contribution is -0.140. The van der Waals surface area contributed by atoms with Gasteiger partial charge in [-0.2, -0.15) is 23.7 Å². The van der Waals surface area contributed by atoms with E-state index in [0.29, 0.717) is 23.3 Å². The van der Waals surface area contributed by atoms with Crippen LogP contribution in [0.15, 0.2) is 42.5 Å². The summed E-state index contributed by atoms with van der Waals surface area (Å²) >= 11 is 0. The summed E-state index contributed by atoms with van der Waals surface area (Å²) < 4.78 is 81.4. The lowest BCUT2D eigenvalue weighted by Gasteiger charge is -2.10. The molecule has 0 aliphatic carbocycles. The maximum atomic E-state index is 15.3. The molecule has 8 heteroatoms. The Morgan fingerprint density at radius 3 is 1.64 bits per heavy atom. The van der Waals surface area contributed by atoms with E-state index >= 15 is 4.39 Å². The molecule has 3 aromatic carbocycles. The summed E-state index contributed by atoms with van der Waals surface area (Å²) in [5.74, 6) is 7.57. The fourth-order valence-corrected chi connectivity index (χ4v) is 3.24. The average molecular weight is 492 g/mol. The first kappa shape index (κ1) is 26.0. The van der Waals surface area contributed by atoms with Crippen LogP contribution in [-0.4, -0.2) is 0 Å². The van der Waals surface area contributed by atoms with E-state index in [1.165, 1.54) is 18.2 Å². The van der Waals surface area contributed by atoms with Crippen molar-refractivity contribution in [2.45, 2.75) is 25.9 Å². The molecule has 3 aromatic rings. The molecule has 0 aromatic heterocycles. The normalized spacial score (nSPS) is 10.4. The van der Waals surface area contributed by atoms with Gasteiger partial charge >= 0.3 is 6.18 Å². The van der Waals surface area contributed by atoms with Crippen molar-refractivity contribution >= 4 is 0 Å². The number of rotatable bonds is 2. The highest BCUT2D eigenvalue weighted by Crippen LogP contribution is 2.31. The minimum absolute atomic E-state index is 0.00423. The molecule has 0 unspecified atom stereocenters. The van der Waals surface area contributed by atoms with Crippen LogP contribution in [-0.2, 0) is 19.0 Å². The van der Waals surface area contributed by atoms with Gasteiger partial charge < -0.3 is 0 Å². The highest BCUT2D eigenvalue weighted by molar-refractivity contribution is 5.57. The smallest absolute Gasteiger partial charge is 0.207 e. The van der Waals surface area contributed by atoms with Crippen LogP contribution in [0.4, 0.5) is 26.3 Å². The minimum Gasteiger partial charge on any atom is -0.207 e. The quantitative estimate of drug-likeness (QED) is 0.309. The summed E-state index contributed by atoms with van der Waals surface area (Å²) in [5, 5.41) is 18.3. The van der Waals surface area contributed by atoms with Gasteiger partial charge in [-0.25, -0.2) is 13.2 Å². The Labute approximate surface area is 203 Å². The van der Waals surface area contributed by atoms with Crippen LogP contribution in [0.2, 0.25) is 0 Å². The van der Waals surface area contributed by atoms with E-state index in [1.54, 1.807) is 19.1 Å². The van der Waals surface area contributed by atoms with Crippen molar-refractivity contribution in [1.29, 1.82) is 10.5 Å². The van der Waals surface area contributed by atoms with E-state index in [1.807, 2.05) is 6.07 Å². The lowest BCUT2D eigenvalue weighted by Crippen LogP contribution is -2.08. The van der Waals surface area contributed by atoms with E-state index in [9.17, 15) is 22.0 Å². The lowest BCUT2D eigenvalue weighted by atomic mass is 9.94. The second-order valence-electron chi connectivity index (χ2n) is 7.57. The van der Waals surface area contributed by atoms with Gasteiger partial charge in [0.2, 0.25) is 0 Å². The molecular weight excluding hydrogens is 478 g/mol. The molecule has 0 heterocycles. The number of alkyl halides is 3. The van der Waals surface area contributed by atoms with Crippen molar-refractivity contribution in [2.75, 3.05) is 0 Å². The van der Waals surface area contributed by atoms with Crippen molar-refractivity contribution < 1.29 is 26.3 Å². The van der Waals surface area contributed by atoms with E-state index in [4.69, 9.17) is 10.5 Å². The first-order chi connectivity index (χ1) is 17.0. The van der Waals surface area contributed by atoms with E-state index in [2.05, 4.69) is 23.7 Å². The standard InChI is InChI=1S/C28H14F6N2/c1-17-2-3-18(14-25(17)29)4-7-20-16-21(23(11-13-36)27(31)22(20)10-12-35)8-5-19-6-9-24(26(30)15-19)28(32,33)34/h2-3,6,9,14-16H,10-11H2,1H3. The molecule has 0 N–H and O–H groups in total. The third kappa shape index (κ3) is 5.87. The van der Waals surface area contributed by atoms with Crippen LogP contribution in [0.25, 0.3) is 0 Å². The van der Waals surface area contributed by atoms with Gasteiger partial charge in [-0.1, -0.05) is 29.7 Å². The molecule has 0 spiro atoms. The Balaban J connectivity index is 2.14. The van der Waals surface area contributed by atoms with Crippen molar-refractivity contribution in [3.05, 3.63) is 104 Å². The Morgan fingerprint density at radius 2 is 1.19 bits per heavy atom. The van der Waals surface area contributed by atoms with Crippen LogP contribution in [0.1, 0.15) is 44.5 Å². The molecule has 0 radical (unpaired) electrons. The number of nitrogens with zero attached hydrogens (tertiary/aromatic N) is 2. The molecule has 0 bridgehead atoms. The summed E-state index contributed by atoms with van der Waals surface area (Å²) in [5.41, 5.74) is -0.980. The summed E-state index contributed by atoms with van der Waals surface area (Å²) in [6.07, 6.45) is -5.65. The molecule has 3 rings (SSSR count). The number of hydrogen-bond donors (Lipinski definition) is 0. The molecule has 2 nitrogen and oxygen atoms in total. The monoisotopic (exact) mass is 492 g/mol. The molecule has 0 amide bonds. The zero-order valence-corrected chi connectivity index (χ0v) is 18.6. The van der Waals surface area contributed by atoms with Gasteiger partial charge in [-0.3, -0.25) is 0 Å². The summed E-state index contributed by atoms with van der Waals surface area (Å²) in [4.78, 5) is 0. The Hall–Kier alpha value is -4.66. The third-order valence-electron chi connectivity index (χ3n) is 5.11. The molecule has 0 atom stereocenters. The molecular formula is C28H14F6N2. The van der Waals surface area contributed by atoms with Gasteiger partial charge in [-0.05, 0) is 48.9 Å². The van der Waals surface area contributed by atoms with Crippen LogP contribution in [0.5, 0.6) is 0 Å². The van der Waals surface area contributed by atoms with E-state index in [-0.39, 0.29) is 34.2 Å². The van der Waals surface area contributed by atoms with Gasteiger partial charge in [0.1, 0.15) is 17.5 Å². The van der Waals surface area contributed by atoms with E-state index < -0.39 is 35.6 Å². The molecule has 0 aliphatic heterocycles. The first-order valence-corrected chi connectivity index (χ1v) is 10.3. The fourth-order valence-electron chi connectivity index (χ4n) is 3.24. The molecule has 0 aliphatic rings. The van der Waals surface area contributed by atoms with Gasteiger partial charge in [-0.15, -0.1) is 0 Å². The SMILES string of the molecule is Cc1ccc(C#Cc2cc(C#Cc3ccc(C(F)(F)F)c(F)c3)c(CC#N)c(F)c2CC#N)cc1F. The number of hydrogen-bond acceptors (Lipinski definition) is 2. The summed E-state index contributed by atoms with van der Waals surface area (Å²) in [6.45, 7) is 1.58. The van der Waals surface area contributed by atoms with Crippen molar-refractivity contribution in [1.82, 2.24) is 0 Å². The highest BCUT2D eigenvalue weighted by atomic mass is 19.4. The van der Waals surface area contributed by atoms with Gasteiger partial charge in [0.25, 0.3) is 0 Å². The number of benzene rings is 3. The minimum atomic E-state index is -4.87. The molecule has 0 saturated heterocycles. The second-order valence-corrected chi connectivity index (χ2v) is 7.57. The van der Waals surface area contributed by atoms with Gasteiger partial charge in [0.15, 0.2) is 0 Å². The van der Waals surface area contributed by atoms with Crippen LogP contribution < -0.4 is 0 Å². The maximum absolute atomic E-state index is 15.3. The first-order valence-electron chi connectivity index (χ1n) is 10.3. The number of nitriles is 2. The van der Waals surface area contributed by atoms with Crippen LogP contribution >= 0.6 is 0 Å². The molecule has 0 fully saturated rings. The number of aryl methyl sites for hydroxylation is 1. The highest BCUT2D eigenvalue weighted by Gasteiger charge is 2.33. The maximum Gasteiger partial charge on any atom is 0.419 e. The van der Waals surface area contributed by atoms with Crippen LogP contribution in [0.3, 0.4) is 0 Å². The molecule has 0 saturated carbocycles. The van der Waals surface area contributed by atoms with Crippen molar-refractivity contribution in [3.8, 4) is 35.8 Å². The Kier molecular flexibility index (Phi) is 7.73. The predicted octanol–water partition coefficient (Wildman–Crippen LogP) is 6.36. The van der Waals surface area contributed by atoms with Gasteiger partial charge in [0, 0.05) is 33.4 Å². The number of halogens is 6. The Bertz CT molecular complexity index is 1550. The zero-order chi connectivity index (χ0) is 26.5.